The Labute approximate surface area is 169 Å². The Morgan fingerprint density at radius 3 is 2.61 bits per heavy atom. The third-order valence-electron chi connectivity index (χ3n) is 4.37. The number of rotatable bonds is 4. The molecule has 6 heteroatoms. The molecule has 0 atom stereocenters. The molecule has 0 bridgehead atoms. The first-order valence-electron chi connectivity index (χ1n) is 8.83. The van der Waals surface area contributed by atoms with E-state index in [1.54, 1.807) is 22.7 Å². The van der Waals surface area contributed by atoms with E-state index in [-0.39, 0.29) is 0 Å². The second-order valence-corrected chi connectivity index (χ2v) is 7.96. The number of aromatic nitrogens is 2. The molecule has 0 saturated carbocycles. The minimum absolute atomic E-state index is 0.839. The number of hydrogen-bond donors (Lipinski definition) is 1. The molecule has 0 fully saturated rings. The van der Waals surface area contributed by atoms with Gasteiger partial charge in [0.15, 0.2) is 0 Å². The zero-order valence-electron chi connectivity index (χ0n) is 14.8. The van der Waals surface area contributed by atoms with Crippen LogP contribution >= 0.6 is 22.7 Å². The predicted molar refractivity (Wildman–Crippen MR) is 119 cm³/mol. The summed E-state index contributed by atoms with van der Waals surface area (Å²) in [5, 5.41) is 10.1. The summed E-state index contributed by atoms with van der Waals surface area (Å²) in [6, 6.07) is 22.4. The number of hydrogen-bond acceptors (Lipinski definition) is 4. The van der Waals surface area contributed by atoms with E-state index in [4.69, 9.17) is 10.1 Å². The Morgan fingerprint density at radius 2 is 1.75 bits per heavy atom. The van der Waals surface area contributed by atoms with E-state index >= 15 is 0 Å². The molecule has 0 amide bonds. The lowest BCUT2D eigenvalue weighted by Gasteiger charge is -2.01. The molecule has 0 radical (unpaired) electrons. The predicted octanol–water partition coefficient (Wildman–Crippen LogP) is 5.87. The van der Waals surface area contributed by atoms with Gasteiger partial charge in [0.05, 0.1) is 22.5 Å². The van der Waals surface area contributed by atoms with Gasteiger partial charge in [0.1, 0.15) is 0 Å². The fourth-order valence-corrected chi connectivity index (χ4v) is 4.67. The minimum atomic E-state index is 0.839. The van der Waals surface area contributed by atoms with Crippen molar-refractivity contribution in [2.75, 3.05) is 0 Å². The van der Waals surface area contributed by atoms with Gasteiger partial charge in [-0.15, -0.1) is 22.7 Å². The number of para-hydroxylation sites is 2. The van der Waals surface area contributed by atoms with Crippen LogP contribution in [0.5, 0.6) is 0 Å². The van der Waals surface area contributed by atoms with Crippen LogP contribution in [0.4, 0.5) is 5.69 Å². The molecule has 1 N–H and O–H groups in total. The first kappa shape index (κ1) is 16.9. The summed E-state index contributed by atoms with van der Waals surface area (Å²) in [5.74, 6) is 0. The maximum Gasteiger partial charge on any atom is 0.211 e. The fourth-order valence-electron chi connectivity index (χ4n) is 3.02. The summed E-state index contributed by atoms with van der Waals surface area (Å²) in [7, 11) is 0. The van der Waals surface area contributed by atoms with E-state index in [0.29, 0.717) is 0 Å². The molecule has 0 aliphatic carbocycles. The molecule has 0 spiro atoms. The summed E-state index contributed by atoms with van der Waals surface area (Å²) in [6.45, 7) is 0. The van der Waals surface area contributed by atoms with Crippen LogP contribution in [0, 0.1) is 0 Å². The van der Waals surface area contributed by atoms with Gasteiger partial charge in [0, 0.05) is 28.0 Å². The van der Waals surface area contributed by atoms with Crippen molar-refractivity contribution in [3.8, 4) is 10.6 Å². The average Bonchev–Trinajstić information content (AvgIpc) is 3.47. The summed E-state index contributed by atoms with van der Waals surface area (Å²) < 4.78 is 1.92. The highest BCUT2D eigenvalue weighted by atomic mass is 32.1. The highest BCUT2D eigenvalue weighted by molar-refractivity contribution is 7.14. The van der Waals surface area contributed by atoms with Crippen LogP contribution in [0.15, 0.2) is 93.8 Å². The summed E-state index contributed by atoms with van der Waals surface area (Å²) in [5.41, 5.74) is 4.12. The fraction of sp³-hybridized carbons (Fsp3) is 0. The van der Waals surface area contributed by atoms with Crippen LogP contribution < -0.4 is 4.80 Å². The first-order chi connectivity index (χ1) is 13.9. The van der Waals surface area contributed by atoms with Crippen molar-refractivity contribution in [1.29, 1.82) is 0 Å². The third kappa shape index (κ3) is 3.24. The molecule has 0 unspecified atom stereocenters. The van der Waals surface area contributed by atoms with Gasteiger partial charge in [0.2, 0.25) is 4.80 Å². The van der Waals surface area contributed by atoms with Crippen LogP contribution in [-0.4, -0.2) is 15.9 Å². The van der Waals surface area contributed by atoms with E-state index < -0.39 is 0 Å². The van der Waals surface area contributed by atoms with Crippen LogP contribution in [0.2, 0.25) is 0 Å². The Bertz CT molecular complexity index is 1310. The van der Waals surface area contributed by atoms with Crippen LogP contribution in [0.1, 0.15) is 5.56 Å². The normalized spacial score (nSPS) is 12.4. The molecule has 136 valence electrons. The molecule has 28 heavy (non-hydrogen) atoms. The van der Waals surface area contributed by atoms with Crippen molar-refractivity contribution in [3.63, 3.8) is 0 Å². The van der Waals surface area contributed by atoms with E-state index in [0.717, 1.165) is 32.6 Å². The molecule has 3 heterocycles. The van der Waals surface area contributed by atoms with Gasteiger partial charge in [-0.3, -0.25) is 0 Å². The van der Waals surface area contributed by atoms with E-state index in [1.165, 1.54) is 4.88 Å². The second-order valence-electron chi connectivity index (χ2n) is 6.17. The number of fused-ring (bicyclic) bond motifs is 1. The Morgan fingerprint density at radius 1 is 0.893 bits per heavy atom. The molecule has 0 aliphatic heterocycles. The van der Waals surface area contributed by atoms with Gasteiger partial charge in [0.25, 0.3) is 0 Å². The SMILES string of the molecule is C(=Nn1c(-c2cccs2)csc1=Nc1ccccc1)c1c[nH]c2ccccc12. The lowest BCUT2D eigenvalue weighted by Crippen LogP contribution is -2.11. The summed E-state index contributed by atoms with van der Waals surface area (Å²) >= 11 is 3.29. The van der Waals surface area contributed by atoms with E-state index in [9.17, 15) is 0 Å². The van der Waals surface area contributed by atoms with Crippen molar-refractivity contribution in [2.45, 2.75) is 0 Å². The number of nitrogens with zero attached hydrogens (tertiary/aromatic N) is 3. The van der Waals surface area contributed by atoms with Crippen molar-refractivity contribution in [1.82, 2.24) is 9.66 Å². The molecule has 5 aromatic rings. The number of thiophene rings is 1. The quantitative estimate of drug-likeness (QED) is 0.367. The van der Waals surface area contributed by atoms with E-state index in [2.05, 4.69) is 40.0 Å². The van der Waals surface area contributed by atoms with Gasteiger partial charge < -0.3 is 4.98 Å². The zero-order valence-corrected chi connectivity index (χ0v) is 16.5. The highest BCUT2D eigenvalue weighted by Crippen LogP contribution is 2.25. The van der Waals surface area contributed by atoms with Gasteiger partial charge in [-0.05, 0) is 29.6 Å². The summed E-state index contributed by atoms with van der Waals surface area (Å²) in [6.07, 6.45) is 3.88. The number of thiazole rings is 1. The van der Waals surface area contributed by atoms with Crippen LogP contribution in [-0.2, 0) is 0 Å². The lowest BCUT2D eigenvalue weighted by atomic mass is 10.2. The average molecular weight is 401 g/mol. The van der Waals surface area contributed by atoms with Crippen LogP contribution in [0.25, 0.3) is 21.5 Å². The maximum atomic E-state index is 4.81. The number of nitrogens with one attached hydrogen (secondary N) is 1. The molecule has 5 rings (SSSR count). The van der Waals surface area contributed by atoms with Gasteiger partial charge >= 0.3 is 0 Å². The minimum Gasteiger partial charge on any atom is -0.361 e. The monoisotopic (exact) mass is 400 g/mol. The van der Waals surface area contributed by atoms with Gasteiger partial charge in [-0.1, -0.05) is 42.5 Å². The van der Waals surface area contributed by atoms with Gasteiger partial charge in [-0.25, -0.2) is 9.67 Å². The zero-order chi connectivity index (χ0) is 18.8. The maximum absolute atomic E-state index is 4.81. The molecule has 0 aliphatic rings. The number of benzene rings is 2. The highest BCUT2D eigenvalue weighted by Gasteiger charge is 2.09. The third-order valence-corrected chi connectivity index (χ3v) is 6.08. The summed E-state index contributed by atoms with van der Waals surface area (Å²) in [4.78, 5) is 10.1. The number of H-pyrrole nitrogens is 1. The molecule has 0 saturated heterocycles. The second kappa shape index (κ2) is 7.42. The van der Waals surface area contributed by atoms with Crippen molar-refractivity contribution < 1.29 is 0 Å². The lowest BCUT2D eigenvalue weighted by molar-refractivity contribution is 0.857. The topological polar surface area (TPSA) is 45.4 Å². The van der Waals surface area contributed by atoms with Crippen molar-refractivity contribution in [3.05, 3.63) is 94.1 Å². The Hall–Kier alpha value is -3.22. The smallest absolute Gasteiger partial charge is 0.211 e. The Balaban J connectivity index is 1.64. The molecule has 4 nitrogen and oxygen atoms in total. The molecule has 2 aromatic carbocycles. The van der Waals surface area contributed by atoms with Crippen molar-refractivity contribution in [2.24, 2.45) is 10.1 Å². The van der Waals surface area contributed by atoms with Gasteiger partial charge in [-0.2, -0.15) is 5.10 Å². The molecular formula is C22H16N4S2. The standard InChI is InChI=1S/C22H16N4S2/c1-2-7-17(8-3-1)25-22-26(20(15-28-22)21-11-6-12-27-21)24-14-16-13-23-19-10-5-4-9-18(16)19/h1-15,23H. The largest absolute Gasteiger partial charge is 0.361 e. The van der Waals surface area contributed by atoms with Crippen molar-refractivity contribution >= 4 is 45.5 Å². The van der Waals surface area contributed by atoms with Crippen LogP contribution in [0.3, 0.4) is 0 Å². The number of aromatic amines is 1. The molecular weight excluding hydrogens is 384 g/mol. The van der Waals surface area contributed by atoms with E-state index in [1.807, 2.05) is 59.6 Å². The molecule has 3 aromatic heterocycles. The Kier molecular flexibility index (Phi) is 4.48. The first-order valence-corrected chi connectivity index (χ1v) is 10.6.